The van der Waals surface area contributed by atoms with Crippen LogP contribution in [-0.2, 0) is 12.6 Å². The molecule has 32 heavy (non-hydrogen) atoms. The van der Waals surface area contributed by atoms with Gasteiger partial charge in [0.15, 0.2) is 5.76 Å². The monoisotopic (exact) mass is 445 g/mol. The fourth-order valence-corrected chi connectivity index (χ4v) is 3.77. The van der Waals surface area contributed by atoms with Crippen molar-refractivity contribution in [2.24, 2.45) is 5.73 Å². The van der Waals surface area contributed by atoms with Gasteiger partial charge in [0.05, 0.1) is 11.6 Å². The maximum Gasteiger partial charge on any atom is 0.416 e. The largest absolute Gasteiger partial charge is 0.451 e. The van der Waals surface area contributed by atoms with Gasteiger partial charge in [0.1, 0.15) is 11.3 Å². The van der Waals surface area contributed by atoms with Gasteiger partial charge >= 0.3 is 6.18 Å². The van der Waals surface area contributed by atoms with Crippen molar-refractivity contribution in [1.82, 2.24) is 10.3 Å². The first kappa shape index (κ1) is 21.4. The topological polar surface area (TPSA) is 118 Å². The predicted molar refractivity (Wildman–Crippen MR) is 108 cm³/mol. The number of halogens is 3. The molecule has 0 saturated heterocycles. The number of hydrogen-bond donors (Lipinski definition) is 3. The van der Waals surface area contributed by atoms with Crippen LogP contribution in [0.1, 0.15) is 56.6 Å². The van der Waals surface area contributed by atoms with E-state index in [0.29, 0.717) is 30.5 Å². The first-order chi connectivity index (χ1) is 15.1. The molecule has 4 N–H and O–H groups in total. The minimum absolute atomic E-state index is 0.0796. The van der Waals surface area contributed by atoms with Gasteiger partial charge in [0, 0.05) is 11.3 Å². The van der Waals surface area contributed by atoms with Gasteiger partial charge in [-0.25, -0.2) is 0 Å². The molecule has 1 aliphatic rings. The molecule has 0 fully saturated rings. The van der Waals surface area contributed by atoms with E-state index in [1.807, 2.05) is 0 Å². The summed E-state index contributed by atoms with van der Waals surface area (Å²) in [6.07, 6.45) is -2.67. The van der Waals surface area contributed by atoms with Crippen molar-refractivity contribution in [1.29, 1.82) is 0 Å². The molecule has 2 aromatic heterocycles. The van der Waals surface area contributed by atoms with Crippen molar-refractivity contribution in [2.75, 3.05) is 0 Å². The average Bonchev–Trinajstić information content (AvgIpc) is 3.23. The summed E-state index contributed by atoms with van der Waals surface area (Å²) in [7, 11) is 0. The van der Waals surface area contributed by atoms with Crippen molar-refractivity contribution < 1.29 is 27.2 Å². The number of benzene rings is 1. The Morgan fingerprint density at radius 2 is 1.94 bits per heavy atom. The van der Waals surface area contributed by atoms with Gasteiger partial charge in [-0.05, 0) is 55.2 Å². The molecule has 1 atom stereocenters. The maximum absolute atomic E-state index is 13.0. The van der Waals surface area contributed by atoms with Gasteiger partial charge in [-0.3, -0.25) is 14.4 Å². The number of carbonyl (C=O) groups is 2. The standard InChI is InChI=1S/C22H18F3N3O4/c23-22(24,25)12-4-1-3-11(9-12)17-7-8-18(32-17)21(31)28-16-6-2-5-15-13(16)10-14(19(26)29)20(30)27-15/h1,3-4,7-10,16H,2,5-6H2,(H2,26,29)(H,27,30)(H,28,31). The highest BCUT2D eigenvalue weighted by Gasteiger charge is 2.31. The molecule has 1 aromatic carbocycles. The number of fused-ring (bicyclic) bond motifs is 1. The quantitative estimate of drug-likeness (QED) is 0.569. The lowest BCUT2D eigenvalue weighted by Crippen LogP contribution is -2.34. The number of hydrogen-bond acceptors (Lipinski definition) is 4. The number of aryl methyl sites for hydroxylation is 1. The van der Waals surface area contributed by atoms with Crippen LogP contribution in [0.25, 0.3) is 11.3 Å². The Labute approximate surface area is 179 Å². The number of rotatable bonds is 4. The highest BCUT2D eigenvalue weighted by atomic mass is 19.4. The third kappa shape index (κ3) is 4.16. The number of aromatic amines is 1. The zero-order valence-electron chi connectivity index (χ0n) is 16.6. The number of furan rings is 1. The number of H-pyrrole nitrogens is 1. The molecule has 3 aromatic rings. The molecule has 1 aliphatic carbocycles. The number of nitrogens with one attached hydrogen (secondary N) is 2. The summed E-state index contributed by atoms with van der Waals surface area (Å²) in [5.41, 5.74) is 5.03. The first-order valence-corrected chi connectivity index (χ1v) is 9.77. The molecular formula is C22H18F3N3O4. The van der Waals surface area contributed by atoms with Crippen LogP contribution in [0.3, 0.4) is 0 Å². The molecule has 2 heterocycles. The van der Waals surface area contributed by atoms with E-state index in [4.69, 9.17) is 10.2 Å². The van der Waals surface area contributed by atoms with E-state index in [9.17, 15) is 27.6 Å². The highest BCUT2D eigenvalue weighted by molar-refractivity contribution is 5.93. The number of amides is 2. The number of nitrogens with two attached hydrogens (primary N) is 1. The number of primary amides is 1. The minimum atomic E-state index is -4.50. The lowest BCUT2D eigenvalue weighted by molar-refractivity contribution is -0.137. The summed E-state index contributed by atoms with van der Waals surface area (Å²) in [6, 6.07) is 8.29. The number of pyridine rings is 1. The second kappa shape index (κ2) is 8.03. The van der Waals surface area contributed by atoms with Crippen LogP contribution in [0.4, 0.5) is 13.2 Å². The Morgan fingerprint density at radius 1 is 1.16 bits per heavy atom. The summed E-state index contributed by atoms with van der Waals surface area (Å²) in [6.45, 7) is 0. The molecular weight excluding hydrogens is 427 g/mol. The Kier molecular flexibility index (Phi) is 5.37. The second-order valence-corrected chi connectivity index (χ2v) is 7.47. The van der Waals surface area contributed by atoms with Gasteiger partial charge in [-0.15, -0.1) is 0 Å². The van der Waals surface area contributed by atoms with Crippen molar-refractivity contribution in [3.63, 3.8) is 0 Å². The lowest BCUT2D eigenvalue weighted by Gasteiger charge is -2.26. The highest BCUT2D eigenvalue weighted by Crippen LogP contribution is 2.33. The molecule has 7 nitrogen and oxygen atoms in total. The lowest BCUT2D eigenvalue weighted by atomic mass is 9.90. The number of aromatic nitrogens is 1. The molecule has 0 saturated carbocycles. The summed E-state index contributed by atoms with van der Waals surface area (Å²) in [5, 5.41) is 2.79. The van der Waals surface area contributed by atoms with Crippen LogP contribution >= 0.6 is 0 Å². The van der Waals surface area contributed by atoms with Crippen LogP contribution in [0, 0.1) is 0 Å². The van der Waals surface area contributed by atoms with Crippen LogP contribution in [0.2, 0.25) is 0 Å². The Balaban J connectivity index is 1.57. The SMILES string of the molecule is NC(=O)c1cc2c([nH]c1=O)CCCC2NC(=O)c1ccc(-c2cccc(C(F)(F)F)c2)o1. The smallest absolute Gasteiger partial charge is 0.416 e. The summed E-state index contributed by atoms with van der Waals surface area (Å²) >= 11 is 0. The van der Waals surface area contributed by atoms with Crippen molar-refractivity contribution in [3.8, 4) is 11.3 Å². The summed E-state index contributed by atoms with van der Waals surface area (Å²) in [5.74, 6) is -1.41. The van der Waals surface area contributed by atoms with Crippen LogP contribution in [0.15, 0.2) is 51.7 Å². The molecule has 4 rings (SSSR count). The van der Waals surface area contributed by atoms with Crippen molar-refractivity contribution in [3.05, 3.63) is 81.0 Å². The van der Waals surface area contributed by atoms with Crippen molar-refractivity contribution in [2.45, 2.75) is 31.5 Å². The summed E-state index contributed by atoms with van der Waals surface area (Å²) < 4.78 is 44.4. The van der Waals surface area contributed by atoms with E-state index in [1.165, 1.54) is 30.3 Å². The van der Waals surface area contributed by atoms with E-state index < -0.39 is 35.2 Å². The minimum Gasteiger partial charge on any atom is -0.451 e. The molecule has 10 heteroatoms. The molecule has 0 bridgehead atoms. The summed E-state index contributed by atoms with van der Waals surface area (Å²) in [4.78, 5) is 38.9. The fraction of sp³-hybridized carbons (Fsp3) is 0.227. The zero-order chi connectivity index (χ0) is 23.0. The van der Waals surface area contributed by atoms with E-state index in [2.05, 4.69) is 10.3 Å². The van der Waals surface area contributed by atoms with Gasteiger partial charge in [0.25, 0.3) is 17.4 Å². The first-order valence-electron chi connectivity index (χ1n) is 9.77. The average molecular weight is 445 g/mol. The van der Waals surface area contributed by atoms with Crippen LogP contribution in [-0.4, -0.2) is 16.8 Å². The second-order valence-electron chi connectivity index (χ2n) is 7.47. The molecule has 0 aliphatic heterocycles. The molecule has 2 amide bonds. The third-order valence-corrected chi connectivity index (χ3v) is 5.33. The Hall–Kier alpha value is -3.82. The van der Waals surface area contributed by atoms with Gasteiger partial charge in [-0.1, -0.05) is 12.1 Å². The zero-order valence-corrected chi connectivity index (χ0v) is 16.6. The fourth-order valence-electron chi connectivity index (χ4n) is 3.77. The van der Waals surface area contributed by atoms with Gasteiger partial charge < -0.3 is 20.5 Å². The molecule has 0 spiro atoms. The van der Waals surface area contributed by atoms with Crippen LogP contribution < -0.4 is 16.6 Å². The molecule has 166 valence electrons. The predicted octanol–water partition coefficient (Wildman–Crippen LogP) is 3.56. The van der Waals surface area contributed by atoms with Gasteiger partial charge in [-0.2, -0.15) is 13.2 Å². The molecule has 0 radical (unpaired) electrons. The van der Waals surface area contributed by atoms with Crippen molar-refractivity contribution >= 4 is 11.8 Å². The van der Waals surface area contributed by atoms with E-state index in [-0.39, 0.29) is 22.6 Å². The Bertz CT molecular complexity index is 1260. The number of carbonyl (C=O) groups excluding carboxylic acids is 2. The Morgan fingerprint density at radius 3 is 2.66 bits per heavy atom. The third-order valence-electron chi connectivity index (χ3n) is 5.33. The maximum atomic E-state index is 13.0. The number of alkyl halides is 3. The van der Waals surface area contributed by atoms with Gasteiger partial charge in [0.2, 0.25) is 0 Å². The van der Waals surface area contributed by atoms with Crippen LogP contribution in [0.5, 0.6) is 0 Å². The molecule has 1 unspecified atom stereocenters. The van der Waals surface area contributed by atoms with E-state index in [0.717, 1.165) is 12.1 Å². The van der Waals surface area contributed by atoms with E-state index >= 15 is 0 Å². The normalized spacial score (nSPS) is 15.8. The van der Waals surface area contributed by atoms with E-state index in [1.54, 1.807) is 0 Å².